The Kier molecular flexibility index (Phi) is 6.93. The summed E-state index contributed by atoms with van der Waals surface area (Å²) >= 11 is 0. The first-order chi connectivity index (χ1) is 13.7. The molecular weight excluding hydrogens is 382 g/mol. The summed E-state index contributed by atoms with van der Waals surface area (Å²) in [4.78, 5) is 36.0. The van der Waals surface area contributed by atoms with E-state index in [1.807, 2.05) is 0 Å². The van der Waals surface area contributed by atoms with E-state index in [9.17, 15) is 24.8 Å². The number of carbonyl (C=O) groups excluding carboxylic acids is 1. The number of non-ortho nitro benzene ring substituents is 1. The maximum atomic E-state index is 12.9. The molecule has 1 aromatic carbocycles. The van der Waals surface area contributed by atoms with E-state index in [2.05, 4.69) is 5.32 Å². The number of aliphatic carboxylic acids is 1. The number of benzene rings is 1. The molecule has 0 saturated carbocycles. The first kappa shape index (κ1) is 22.3. The highest BCUT2D eigenvalue weighted by Gasteiger charge is 2.56. The Bertz CT molecular complexity index is 839. The molecule has 0 aromatic heterocycles. The average Bonchev–Trinajstić information content (AvgIpc) is 2.67. The number of methoxy groups -OCH3 is 1. The summed E-state index contributed by atoms with van der Waals surface area (Å²) in [6.45, 7) is 3.39. The fourth-order valence-corrected chi connectivity index (χ4v) is 3.77. The van der Waals surface area contributed by atoms with Crippen LogP contribution in [0.2, 0.25) is 0 Å². The van der Waals surface area contributed by atoms with E-state index in [4.69, 9.17) is 15.2 Å². The Morgan fingerprint density at radius 3 is 2.62 bits per heavy atom. The molecular formula is C19H25N3O7. The lowest BCUT2D eigenvalue weighted by Crippen LogP contribution is -2.61. The number of nitro groups is 1. The molecule has 3 unspecified atom stereocenters. The molecule has 1 aromatic rings. The summed E-state index contributed by atoms with van der Waals surface area (Å²) in [5.41, 5.74) is 5.10. The number of rotatable bonds is 8. The zero-order valence-corrected chi connectivity index (χ0v) is 16.5. The molecule has 1 aliphatic heterocycles. The van der Waals surface area contributed by atoms with Gasteiger partial charge in [-0.3, -0.25) is 14.9 Å². The van der Waals surface area contributed by atoms with Crippen LogP contribution in [0.3, 0.4) is 0 Å². The first-order valence-electron chi connectivity index (χ1n) is 9.07. The number of allylic oxidation sites excluding steroid dienone is 1. The molecule has 1 aliphatic rings. The number of nitro benzene ring substituents is 1. The molecule has 4 N–H and O–H groups in total. The number of nitrogens with zero attached hydrogens (tertiary/aromatic N) is 1. The number of carbonyl (C=O) groups is 2. The quantitative estimate of drug-likeness (QED) is 0.252. The van der Waals surface area contributed by atoms with Gasteiger partial charge in [0.1, 0.15) is 12.0 Å². The van der Waals surface area contributed by atoms with Crippen molar-refractivity contribution in [3.05, 3.63) is 51.2 Å². The number of nitrogens with two attached hydrogens (primary N) is 1. The monoisotopic (exact) mass is 407 g/mol. The molecule has 0 saturated heterocycles. The van der Waals surface area contributed by atoms with E-state index in [1.54, 1.807) is 19.9 Å². The Morgan fingerprint density at radius 2 is 2.07 bits per heavy atom. The third-order valence-electron chi connectivity index (χ3n) is 5.27. The highest BCUT2D eigenvalue weighted by Crippen LogP contribution is 2.49. The van der Waals surface area contributed by atoms with Crippen molar-refractivity contribution < 1.29 is 29.1 Å². The van der Waals surface area contributed by atoms with Gasteiger partial charge in [-0.15, -0.1) is 0 Å². The van der Waals surface area contributed by atoms with Gasteiger partial charge in [0.15, 0.2) is 0 Å². The Morgan fingerprint density at radius 1 is 1.38 bits per heavy atom. The second-order valence-corrected chi connectivity index (χ2v) is 6.77. The normalized spacial score (nSPS) is 24.0. The van der Waals surface area contributed by atoms with Crippen molar-refractivity contribution in [3.63, 3.8) is 0 Å². The predicted molar refractivity (Wildman–Crippen MR) is 103 cm³/mol. The molecule has 0 radical (unpaired) electrons. The van der Waals surface area contributed by atoms with Gasteiger partial charge in [-0.2, -0.15) is 0 Å². The molecule has 3 atom stereocenters. The van der Waals surface area contributed by atoms with Crippen LogP contribution in [0.15, 0.2) is 35.5 Å². The number of ether oxygens (including phenoxy) is 2. The van der Waals surface area contributed by atoms with Gasteiger partial charge in [0, 0.05) is 30.9 Å². The summed E-state index contributed by atoms with van der Waals surface area (Å²) in [6.07, 6.45) is -0.948. The van der Waals surface area contributed by atoms with E-state index in [-0.39, 0.29) is 30.9 Å². The summed E-state index contributed by atoms with van der Waals surface area (Å²) in [6, 6.07) is 5.57. The summed E-state index contributed by atoms with van der Waals surface area (Å²) in [7, 11) is 1.46. The van der Waals surface area contributed by atoms with Crippen molar-refractivity contribution in [2.24, 2.45) is 11.1 Å². The molecule has 29 heavy (non-hydrogen) atoms. The van der Waals surface area contributed by atoms with Crippen molar-refractivity contribution in [1.82, 2.24) is 5.32 Å². The van der Waals surface area contributed by atoms with Gasteiger partial charge in [-0.05, 0) is 18.9 Å². The summed E-state index contributed by atoms with van der Waals surface area (Å²) in [5, 5.41) is 24.2. The van der Waals surface area contributed by atoms with Crippen molar-refractivity contribution >= 4 is 17.6 Å². The van der Waals surface area contributed by atoms with Crippen LogP contribution in [0.1, 0.15) is 31.7 Å². The largest absolute Gasteiger partial charge is 0.481 e. The third kappa shape index (κ3) is 4.08. The Labute approximate surface area is 167 Å². The van der Waals surface area contributed by atoms with Gasteiger partial charge in [0.25, 0.3) is 5.69 Å². The van der Waals surface area contributed by atoms with E-state index < -0.39 is 34.4 Å². The SMILES string of the molecule is CCC1(C(=O)O)C(N)NC(C)=C(C(=O)OCCOC)C1c1cccc([N+](=O)[O-])c1. The zero-order valence-electron chi connectivity index (χ0n) is 16.5. The average molecular weight is 407 g/mol. The van der Waals surface area contributed by atoms with Crippen LogP contribution in [-0.4, -0.2) is 48.5 Å². The fraction of sp³-hybridized carbons (Fsp3) is 0.474. The van der Waals surface area contributed by atoms with Crippen molar-refractivity contribution in [1.29, 1.82) is 0 Å². The lowest BCUT2D eigenvalue weighted by molar-refractivity contribution is -0.384. The molecule has 2 rings (SSSR count). The molecule has 158 valence electrons. The zero-order chi connectivity index (χ0) is 21.8. The van der Waals surface area contributed by atoms with Crippen LogP contribution in [-0.2, 0) is 19.1 Å². The lowest BCUT2D eigenvalue weighted by atomic mass is 9.62. The van der Waals surface area contributed by atoms with Gasteiger partial charge >= 0.3 is 11.9 Å². The van der Waals surface area contributed by atoms with Gasteiger partial charge in [-0.25, -0.2) is 4.79 Å². The second kappa shape index (κ2) is 9.01. The van der Waals surface area contributed by atoms with Crippen LogP contribution in [0.25, 0.3) is 0 Å². The third-order valence-corrected chi connectivity index (χ3v) is 5.27. The minimum Gasteiger partial charge on any atom is -0.481 e. The highest BCUT2D eigenvalue weighted by atomic mass is 16.6. The number of carboxylic acids is 1. The van der Waals surface area contributed by atoms with Crippen molar-refractivity contribution in [2.45, 2.75) is 32.4 Å². The Balaban J connectivity index is 2.70. The molecule has 0 bridgehead atoms. The van der Waals surface area contributed by atoms with Crippen LogP contribution in [0.4, 0.5) is 5.69 Å². The minimum atomic E-state index is -1.62. The standard InChI is InChI=1S/C19H25N3O7/c1-4-19(18(24)25)15(12-6-5-7-13(10-12)22(26)27)14(11(2)21-17(19)20)16(23)29-9-8-28-3/h5-7,10,15,17,21H,4,8-9,20H2,1-3H3,(H,24,25). The van der Waals surface area contributed by atoms with E-state index in [1.165, 1.54) is 25.3 Å². The number of carboxylic acid groups (broad SMARTS) is 1. The van der Waals surface area contributed by atoms with Crippen molar-refractivity contribution in [3.8, 4) is 0 Å². The molecule has 10 nitrogen and oxygen atoms in total. The fourth-order valence-electron chi connectivity index (χ4n) is 3.77. The van der Waals surface area contributed by atoms with E-state index >= 15 is 0 Å². The summed E-state index contributed by atoms with van der Waals surface area (Å²) in [5.74, 6) is -2.99. The second-order valence-electron chi connectivity index (χ2n) is 6.77. The molecule has 1 heterocycles. The molecule has 0 fully saturated rings. The maximum Gasteiger partial charge on any atom is 0.336 e. The number of hydrogen-bond acceptors (Lipinski definition) is 8. The first-order valence-corrected chi connectivity index (χ1v) is 9.07. The molecule has 0 aliphatic carbocycles. The summed E-state index contributed by atoms with van der Waals surface area (Å²) < 4.78 is 10.1. The van der Waals surface area contributed by atoms with Crippen molar-refractivity contribution in [2.75, 3.05) is 20.3 Å². The van der Waals surface area contributed by atoms with Crippen LogP contribution < -0.4 is 11.1 Å². The Hall–Kier alpha value is -2.98. The topological polar surface area (TPSA) is 154 Å². The van der Waals surface area contributed by atoms with E-state index in [0.29, 0.717) is 11.3 Å². The van der Waals surface area contributed by atoms with Gasteiger partial charge < -0.3 is 25.6 Å². The predicted octanol–water partition coefficient (Wildman–Crippen LogP) is 1.51. The minimum absolute atomic E-state index is 0.0218. The van der Waals surface area contributed by atoms with Gasteiger partial charge in [0.05, 0.1) is 23.3 Å². The molecule has 0 amide bonds. The van der Waals surface area contributed by atoms with Crippen LogP contribution in [0, 0.1) is 15.5 Å². The van der Waals surface area contributed by atoms with E-state index in [0.717, 1.165) is 0 Å². The van der Waals surface area contributed by atoms with Gasteiger partial charge in [-0.1, -0.05) is 19.1 Å². The molecule has 0 spiro atoms. The number of esters is 1. The maximum absolute atomic E-state index is 12.9. The van der Waals surface area contributed by atoms with Gasteiger partial charge in [0.2, 0.25) is 0 Å². The van der Waals surface area contributed by atoms with Crippen LogP contribution >= 0.6 is 0 Å². The van der Waals surface area contributed by atoms with Crippen LogP contribution in [0.5, 0.6) is 0 Å². The highest BCUT2D eigenvalue weighted by molar-refractivity contribution is 5.94. The molecule has 10 heteroatoms. The number of hydrogen-bond donors (Lipinski definition) is 3. The lowest BCUT2D eigenvalue weighted by Gasteiger charge is -2.46. The number of nitrogens with one attached hydrogen (secondary N) is 1. The smallest absolute Gasteiger partial charge is 0.336 e.